The lowest BCUT2D eigenvalue weighted by molar-refractivity contribution is 0.280. The Kier molecular flexibility index (Phi) is 41.1. The van der Waals surface area contributed by atoms with Crippen molar-refractivity contribution in [3.63, 3.8) is 0 Å². The van der Waals surface area contributed by atoms with Gasteiger partial charge in [-0.3, -0.25) is 9.97 Å². The number of pyridine rings is 2. The van der Waals surface area contributed by atoms with Crippen LogP contribution < -0.4 is 0 Å². The lowest BCUT2D eigenvalue weighted by atomic mass is 10.0. The van der Waals surface area contributed by atoms with Crippen molar-refractivity contribution in [2.45, 2.75) is 126 Å². The third-order valence-electron chi connectivity index (χ3n) is 4.66. The normalized spacial score (nSPS) is 7.84. The number of aromatic nitrogens is 2. The molecule has 0 fully saturated rings. The maximum absolute atomic E-state index is 8.87. The van der Waals surface area contributed by atoms with E-state index in [2.05, 4.69) is 82.7 Å². The summed E-state index contributed by atoms with van der Waals surface area (Å²) in [6.45, 7) is 18.9. The molecule has 3 nitrogen and oxygen atoms in total. The Hall–Kier alpha value is -2.52. The minimum absolute atomic E-state index is 0. The molecule has 0 amide bonds. The molecule has 0 aliphatic rings. The first kappa shape index (κ1) is 51.2. The first-order valence-corrected chi connectivity index (χ1v) is 11.2. The molecule has 2 heterocycles. The molecule has 0 aliphatic carbocycles. The minimum atomic E-state index is 0. The zero-order chi connectivity index (χ0) is 23.8. The number of aryl methyl sites for hydroxylation is 6. The van der Waals surface area contributed by atoms with Crippen molar-refractivity contribution in [3.8, 4) is 0 Å². The van der Waals surface area contributed by atoms with E-state index in [1.807, 2.05) is 26.2 Å². The molecule has 3 aromatic rings. The highest BCUT2D eigenvalue weighted by molar-refractivity contribution is 5.29. The molecule has 218 valence electrons. The molecule has 0 aliphatic heterocycles. The van der Waals surface area contributed by atoms with Gasteiger partial charge < -0.3 is 5.11 Å². The van der Waals surface area contributed by atoms with Gasteiger partial charge in [-0.2, -0.15) is 0 Å². The van der Waals surface area contributed by atoms with Gasteiger partial charge in [-0.05, 0) is 81.3 Å². The number of benzene rings is 1. The van der Waals surface area contributed by atoms with E-state index in [0.717, 1.165) is 23.1 Å². The summed E-state index contributed by atoms with van der Waals surface area (Å²) in [6.07, 6.45) is 9.73. The van der Waals surface area contributed by atoms with Gasteiger partial charge >= 0.3 is 0 Å². The highest BCUT2D eigenvalue weighted by Gasteiger charge is 1.99. The van der Waals surface area contributed by atoms with Crippen LogP contribution in [0.3, 0.4) is 0 Å². The van der Waals surface area contributed by atoms with E-state index in [1.165, 1.54) is 34.2 Å². The van der Waals surface area contributed by atoms with Gasteiger partial charge in [0.05, 0.1) is 6.61 Å². The van der Waals surface area contributed by atoms with E-state index >= 15 is 0 Å². The SMILES string of the molecule is C.C.C.C.C.C.CCC.CCc1c(C)cncc1C.Cc1cccc(C)c1.Cc1cncc(C)c1CO. The van der Waals surface area contributed by atoms with Gasteiger partial charge in [0.15, 0.2) is 0 Å². The molecule has 0 saturated carbocycles. The quantitative estimate of drug-likeness (QED) is 0.367. The largest absolute Gasteiger partial charge is 0.392 e. The summed E-state index contributed by atoms with van der Waals surface area (Å²) < 4.78 is 0. The Morgan fingerprint density at radius 3 is 1.03 bits per heavy atom. The lowest BCUT2D eigenvalue weighted by Crippen LogP contribution is -1.93. The van der Waals surface area contributed by atoms with Gasteiger partial charge in [0.2, 0.25) is 0 Å². The van der Waals surface area contributed by atoms with Crippen LogP contribution in [0, 0.1) is 41.5 Å². The van der Waals surface area contributed by atoms with Gasteiger partial charge in [0.25, 0.3) is 0 Å². The Bertz CT molecular complexity index is 779. The summed E-state index contributed by atoms with van der Waals surface area (Å²) >= 11 is 0. The second-order valence-corrected chi connectivity index (χ2v) is 7.88. The Morgan fingerprint density at radius 2 is 0.865 bits per heavy atom. The van der Waals surface area contributed by atoms with Crippen LogP contribution in [0.2, 0.25) is 0 Å². The molecule has 1 N–H and O–H groups in total. The van der Waals surface area contributed by atoms with Crippen molar-refractivity contribution in [2.75, 3.05) is 0 Å². The van der Waals surface area contributed by atoms with E-state index in [1.54, 1.807) is 12.4 Å². The van der Waals surface area contributed by atoms with Crippen molar-refractivity contribution in [1.82, 2.24) is 9.97 Å². The standard InChI is InChI=1S/C9H13N.C8H11NO.C8H10.C3H8.6CH4/c1-4-9-7(2)5-10-6-8(9)3;1-6-3-9-4-7(2)8(6)5-10;1-7-4-3-5-8(2)6-7;1-3-2;;;;;;/h5-6H,4H2,1-3H3;3-4,10H,5H2,1-2H3;3-6H,1-2H3;3H2,1-2H3;6*1H4. The minimum Gasteiger partial charge on any atom is -0.392 e. The monoisotopic (exact) mass is 519 g/mol. The van der Waals surface area contributed by atoms with Crippen LogP contribution in [-0.2, 0) is 13.0 Å². The number of aliphatic hydroxyl groups excluding tert-OH is 1. The molecule has 0 spiro atoms. The van der Waals surface area contributed by atoms with Crippen LogP contribution in [0.5, 0.6) is 0 Å². The summed E-state index contributed by atoms with van der Waals surface area (Å²) in [5, 5.41) is 8.87. The van der Waals surface area contributed by atoms with Gasteiger partial charge in [0.1, 0.15) is 0 Å². The van der Waals surface area contributed by atoms with E-state index in [-0.39, 0.29) is 51.2 Å². The van der Waals surface area contributed by atoms with Crippen LogP contribution in [0.15, 0.2) is 49.1 Å². The molecule has 1 aromatic carbocycles. The molecule has 0 atom stereocenters. The smallest absolute Gasteiger partial charge is 0.0688 e. The van der Waals surface area contributed by atoms with Crippen molar-refractivity contribution in [3.05, 3.63) is 93.6 Å². The van der Waals surface area contributed by atoms with Crippen LogP contribution in [0.4, 0.5) is 0 Å². The second-order valence-electron chi connectivity index (χ2n) is 7.88. The molecule has 0 unspecified atom stereocenters. The Morgan fingerprint density at radius 1 is 0.568 bits per heavy atom. The number of aliphatic hydroxyl groups is 1. The third-order valence-corrected chi connectivity index (χ3v) is 4.66. The molecule has 37 heavy (non-hydrogen) atoms. The summed E-state index contributed by atoms with van der Waals surface area (Å²) in [4.78, 5) is 8.07. The molecule has 2 aromatic heterocycles. The van der Waals surface area contributed by atoms with Gasteiger partial charge in [-0.1, -0.05) is 107 Å². The summed E-state index contributed by atoms with van der Waals surface area (Å²) in [7, 11) is 0. The fourth-order valence-corrected chi connectivity index (χ4v) is 3.07. The zero-order valence-electron chi connectivity index (χ0n) is 21.1. The number of nitrogens with zero attached hydrogens (tertiary/aromatic N) is 2. The second kappa shape index (κ2) is 29.7. The van der Waals surface area contributed by atoms with Crippen LogP contribution in [-0.4, -0.2) is 15.1 Å². The molecule has 0 saturated heterocycles. The van der Waals surface area contributed by atoms with Gasteiger partial charge in [0, 0.05) is 24.8 Å². The van der Waals surface area contributed by atoms with E-state index < -0.39 is 0 Å². The van der Waals surface area contributed by atoms with E-state index in [9.17, 15) is 0 Å². The predicted octanol–water partition coefficient (Wildman–Crippen LogP) is 11.0. The summed E-state index contributed by atoms with van der Waals surface area (Å²) in [5.74, 6) is 0. The fraction of sp³-hybridized carbons (Fsp3) is 0.529. The van der Waals surface area contributed by atoms with Crippen molar-refractivity contribution < 1.29 is 5.11 Å². The van der Waals surface area contributed by atoms with Crippen LogP contribution in [0.25, 0.3) is 0 Å². The van der Waals surface area contributed by atoms with Gasteiger partial charge in [-0.15, -0.1) is 0 Å². The molecular formula is C34H66N2O. The van der Waals surface area contributed by atoms with E-state index in [4.69, 9.17) is 5.11 Å². The molecular weight excluding hydrogens is 452 g/mol. The van der Waals surface area contributed by atoms with Crippen molar-refractivity contribution in [1.29, 1.82) is 0 Å². The Balaban J connectivity index is -0.0000000645. The first-order chi connectivity index (χ1) is 14.7. The lowest BCUT2D eigenvalue weighted by Gasteiger charge is -2.04. The average molecular weight is 519 g/mol. The zero-order valence-corrected chi connectivity index (χ0v) is 21.1. The molecule has 3 heteroatoms. The van der Waals surface area contributed by atoms with E-state index in [0.29, 0.717) is 0 Å². The van der Waals surface area contributed by atoms with Crippen LogP contribution >= 0.6 is 0 Å². The highest BCUT2D eigenvalue weighted by Crippen LogP contribution is 2.11. The molecule has 0 radical (unpaired) electrons. The molecule has 3 rings (SSSR count). The summed E-state index contributed by atoms with van der Waals surface area (Å²) in [5.41, 5.74) is 9.84. The third kappa shape index (κ3) is 21.3. The topological polar surface area (TPSA) is 46.0 Å². The number of hydrogen-bond acceptors (Lipinski definition) is 3. The number of rotatable bonds is 2. The van der Waals surface area contributed by atoms with Gasteiger partial charge in [-0.25, -0.2) is 0 Å². The van der Waals surface area contributed by atoms with Crippen LogP contribution in [0.1, 0.15) is 116 Å². The fourth-order valence-electron chi connectivity index (χ4n) is 3.07. The van der Waals surface area contributed by atoms with Crippen molar-refractivity contribution in [2.24, 2.45) is 0 Å². The number of hydrogen-bond donors (Lipinski definition) is 1. The average Bonchev–Trinajstić information content (AvgIpc) is 2.70. The summed E-state index contributed by atoms with van der Waals surface area (Å²) in [6, 6.07) is 8.45. The maximum atomic E-state index is 8.87. The maximum Gasteiger partial charge on any atom is 0.0688 e. The van der Waals surface area contributed by atoms with Crippen molar-refractivity contribution >= 4 is 0 Å². The first-order valence-electron chi connectivity index (χ1n) is 11.2. The Labute approximate surface area is 234 Å². The highest BCUT2D eigenvalue weighted by atomic mass is 16.3. The molecule has 0 bridgehead atoms. The predicted molar refractivity (Wildman–Crippen MR) is 175 cm³/mol.